The number of hydrogen-bond donors (Lipinski definition) is 2. The van der Waals surface area contributed by atoms with Crippen molar-refractivity contribution in [1.82, 2.24) is 0 Å². The van der Waals surface area contributed by atoms with Crippen LogP contribution in [0.1, 0.15) is 16.7 Å². The van der Waals surface area contributed by atoms with Crippen molar-refractivity contribution in [2.45, 2.75) is 13.5 Å². The molecule has 126 valence electrons. The molecule has 0 unspecified atom stereocenters. The number of rotatable bonds is 6. The molecule has 0 amide bonds. The molecule has 4 nitrogen and oxygen atoms in total. The van der Waals surface area contributed by atoms with Gasteiger partial charge in [0.15, 0.2) is 0 Å². The van der Waals surface area contributed by atoms with Crippen LogP contribution >= 0.6 is 0 Å². The van der Waals surface area contributed by atoms with Crippen LogP contribution in [0.5, 0.6) is 17.2 Å². The summed E-state index contributed by atoms with van der Waals surface area (Å²) < 4.78 is 11.7. The highest BCUT2D eigenvalue weighted by Crippen LogP contribution is 2.28. The van der Waals surface area contributed by atoms with Crippen LogP contribution < -0.4 is 15.2 Å². The molecule has 0 aromatic heterocycles. The van der Waals surface area contributed by atoms with E-state index in [0.29, 0.717) is 23.7 Å². The molecule has 3 rings (SSSR count). The molecule has 3 aromatic rings. The average Bonchev–Trinajstić information content (AvgIpc) is 2.62. The lowest BCUT2D eigenvalue weighted by Gasteiger charge is -2.12. The van der Waals surface area contributed by atoms with Gasteiger partial charge in [-0.05, 0) is 54.4 Å². The molecule has 0 atom stereocenters. The lowest BCUT2D eigenvalue weighted by atomic mass is 10.1. The van der Waals surface area contributed by atoms with Crippen molar-refractivity contribution in [3.63, 3.8) is 0 Å². The molecule has 0 saturated heterocycles. The number of nitrogens with two attached hydrogens (primary N) is 1. The highest BCUT2D eigenvalue weighted by Gasteiger charge is 2.08. The molecule has 0 bridgehead atoms. The fraction of sp³-hybridized carbons (Fsp3) is 0.0952. The summed E-state index contributed by atoms with van der Waals surface area (Å²) in [5.41, 5.74) is 8.36. The molecule has 0 heterocycles. The molecule has 0 spiro atoms. The number of nitrogen functional groups attached to an aromatic ring is 1. The van der Waals surface area contributed by atoms with Gasteiger partial charge in [-0.3, -0.25) is 5.41 Å². The van der Waals surface area contributed by atoms with Gasteiger partial charge in [0, 0.05) is 0 Å². The molecule has 0 radical (unpaired) electrons. The number of nitrogens with one attached hydrogen (secondary N) is 1. The van der Waals surface area contributed by atoms with Crippen molar-refractivity contribution in [2.75, 3.05) is 0 Å². The van der Waals surface area contributed by atoms with Crippen LogP contribution in [-0.2, 0) is 6.61 Å². The first kappa shape index (κ1) is 16.6. The monoisotopic (exact) mass is 332 g/mol. The van der Waals surface area contributed by atoms with Gasteiger partial charge < -0.3 is 15.2 Å². The predicted molar refractivity (Wildman–Crippen MR) is 99.5 cm³/mol. The second-order valence-corrected chi connectivity index (χ2v) is 5.76. The van der Waals surface area contributed by atoms with E-state index in [1.54, 1.807) is 6.07 Å². The van der Waals surface area contributed by atoms with Gasteiger partial charge >= 0.3 is 0 Å². The molecule has 25 heavy (non-hydrogen) atoms. The number of hydrogen-bond acceptors (Lipinski definition) is 3. The number of amidine groups is 1. The Hall–Kier alpha value is -3.27. The number of ether oxygens (including phenoxy) is 2. The Morgan fingerprint density at radius 3 is 2.28 bits per heavy atom. The largest absolute Gasteiger partial charge is 0.489 e. The maximum atomic E-state index is 7.66. The van der Waals surface area contributed by atoms with Crippen LogP contribution in [-0.4, -0.2) is 5.84 Å². The Kier molecular flexibility index (Phi) is 5.00. The highest BCUT2D eigenvalue weighted by atomic mass is 16.5. The summed E-state index contributed by atoms with van der Waals surface area (Å²) in [6.45, 7) is 2.49. The summed E-state index contributed by atoms with van der Waals surface area (Å²) in [4.78, 5) is 0. The van der Waals surface area contributed by atoms with E-state index in [0.717, 1.165) is 16.9 Å². The molecule has 4 heteroatoms. The van der Waals surface area contributed by atoms with E-state index in [4.69, 9.17) is 20.6 Å². The van der Waals surface area contributed by atoms with Gasteiger partial charge in [0.25, 0.3) is 0 Å². The Balaban J connectivity index is 1.69. The van der Waals surface area contributed by atoms with Crippen LogP contribution in [0.25, 0.3) is 0 Å². The molecule has 0 saturated carbocycles. The zero-order valence-corrected chi connectivity index (χ0v) is 14.0. The fourth-order valence-corrected chi connectivity index (χ4v) is 2.41. The van der Waals surface area contributed by atoms with Crippen LogP contribution in [0, 0.1) is 12.3 Å². The SMILES string of the molecule is Cc1ccc(C(=N)N)c(Oc2ccc(OCc3ccccc3)cc2)c1. The van der Waals surface area contributed by atoms with E-state index >= 15 is 0 Å². The topological polar surface area (TPSA) is 68.3 Å². The minimum absolute atomic E-state index is 0.0159. The Morgan fingerprint density at radius 1 is 0.920 bits per heavy atom. The van der Waals surface area contributed by atoms with Gasteiger partial charge in [-0.2, -0.15) is 0 Å². The van der Waals surface area contributed by atoms with Gasteiger partial charge in [0.2, 0.25) is 0 Å². The molecule has 0 aliphatic heterocycles. The van der Waals surface area contributed by atoms with Gasteiger partial charge in [0.05, 0.1) is 5.56 Å². The van der Waals surface area contributed by atoms with Crippen molar-refractivity contribution in [3.8, 4) is 17.2 Å². The molecular weight excluding hydrogens is 312 g/mol. The van der Waals surface area contributed by atoms with E-state index in [9.17, 15) is 0 Å². The van der Waals surface area contributed by atoms with Crippen molar-refractivity contribution < 1.29 is 9.47 Å². The van der Waals surface area contributed by atoms with Crippen molar-refractivity contribution in [3.05, 3.63) is 89.5 Å². The molecule has 3 N–H and O–H groups in total. The van der Waals surface area contributed by atoms with Gasteiger partial charge in [-0.15, -0.1) is 0 Å². The first-order valence-electron chi connectivity index (χ1n) is 8.01. The van der Waals surface area contributed by atoms with E-state index in [1.807, 2.05) is 73.7 Å². The molecule has 0 aliphatic rings. The minimum atomic E-state index is -0.0159. The zero-order valence-electron chi connectivity index (χ0n) is 14.0. The summed E-state index contributed by atoms with van der Waals surface area (Å²) in [5, 5.41) is 7.66. The van der Waals surface area contributed by atoms with Crippen LogP contribution in [0.3, 0.4) is 0 Å². The zero-order chi connectivity index (χ0) is 17.6. The molecule has 3 aromatic carbocycles. The maximum absolute atomic E-state index is 7.66. The first-order valence-corrected chi connectivity index (χ1v) is 8.01. The van der Waals surface area contributed by atoms with Crippen molar-refractivity contribution in [1.29, 1.82) is 5.41 Å². The summed E-state index contributed by atoms with van der Waals surface area (Å²) in [5.74, 6) is 2.00. The van der Waals surface area contributed by atoms with Crippen LogP contribution in [0.15, 0.2) is 72.8 Å². The summed E-state index contributed by atoms with van der Waals surface area (Å²) in [6, 6.07) is 23.0. The molecule has 0 aliphatic carbocycles. The minimum Gasteiger partial charge on any atom is -0.489 e. The van der Waals surface area contributed by atoms with E-state index in [1.165, 1.54) is 0 Å². The Morgan fingerprint density at radius 2 is 1.60 bits per heavy atom. The van der Waals surface area contributed by atoms with Gasteiger partial charge in [-0.25, -0.2) is 0 Å². The lowest BCUT2D eigenvalue weighted by molar-refractivity contribution is 0.306. The number of aryl methyl sites for hydroxylation is 1. The van der Waals surface area contributed by atoms with Crippen LogP contribution in [0.2, 0.25) is 0 Å². The quantitative estimate of drug-likeness (QED) is 0.510. The van der Waals surface area contributed by atoms with Crippen LogP contribution in [0.4, 0.5) is 0 Å². The van der Waals surface area contributed by atoms with Gasteiger partial charge in [-0.1, -0.05) is 36.4 Å². The molecular formula is C21H20N2O2. The van der Waals surface area contributed by atoms with E-state index in [-0.39, 0.29) is 5.84 Å². The third-order valence-electron chi connectivity index (χ3n) is 3.73. The Labute approximate surface area is 147 Å². The lowest BCUT2D eigenvalue weighted by Crippen LogP contribution is -2.12. The fourth-order valence-electron chi connectivity index (χ4n) is 2.41. The Bertz CT molecular complexity index is 859. The third kappa shape index (κ3) is 4.38. The maximum Gasteiger partial charge on any atom is 0.138 e. The smallest absolute Gasteiger partial charge is 0.138 e. The van der Waals surface area contributed by atoms with E-state index in [2.05, 4.69) is 0 Å². The van der Waals surface area contributed by atoms with E-state index < -0.39 is 0 Å². The van der Waals surface area contributed by atoms with Crippen molar-refractivity contribution >= 4 is 5.84 Å². The third-order valence-corrected chi connectivity index (χ3v) is 3.73. The normalized spacial score (nSPS) is 10.3. The second-order valence-electron chi connectivity index (χ2n) is 5.76. The summed E-state index contributed by atoms with van der Waals surface area (Å²) >= 11 is 0. The number of benzene rings is 3. The highest BCUT2D eigenvalue weighted by molar-refractivity contribution is 5.97. The average molecular weight is 332 g/mol. The van der Waals surface area contributed by atoms with Crippen molar-refractivity contribution in [2.24, 2.45) is 5.73 Å². The first-order chi connectivity index (χ1) is 12.1. The molecule has 0 fully saturated rings. The summed E-state index contributed by atoms with van der Waals surface area (Å²) in [6.07, 6.45) is 0. The summed E-state index contributed by atoms with van der Waals surface area (Å²) in [7, 11) is 0. The van der Waals surface area contributed by atoms with Gasteiger partial charge in [0.1, 0.15) is 29.7 Å². The predicted octanol–water partition coefficient (Wildman–Crippen LogP) is 4.65. The standard InChI is InChI=1S/C21H20N2O2/c1-15-7-12-19(21(22)23)20(13-15)25-18-10-8-17(9-11-18)24-14-16-5-3-2-4-6-16/h2-13H,14H2,1H3,(H3,22,23). The second kappa shape index (κ2) is 7.53.